The molecule has 4 heteroatoms. The molecular weight excluding hydrogens is 332 g/mol. The van der Waals surface area contributed by atoms with Gasteiger partial charge in [-0.15, -0.1) is 0 Å². The van der Waals surface area contributed by atoms with Crippen LogP contribution in [0.5, 0.6) is 0 Å². The Morgan fingerprint density at radius 3 is 2.52 bits per heavy atom. The molecule has 0 amide bonds. The van der Waals surface area contributed by atoms with E-state index >= 15 is 0 Å². The molecule has 0 spiro atoms. The summed E-state index contributed by atoms with van der Waals surface area (Å²) in [4.78, 5) is 13.7. The quantitative estimate of drug-likeness (QED) is 0.798. The van der Waals surface area contributed by atoms with Crippen LogP contribution < -0.4 is 4.90 Å². The fourth-order valence-electron chi connectivity index (χ4n) is 4.15. The third-order valence-electron chi connectivity index (χ3n) is 5.79. The van der Waals surface area contributed by atoms with Gasteiger partial charge < -0.3 is 9.80 Å². The summed E-state index contributed by atoms with van der Waals surface area (Å²) < 4.78 is 0. The summed E-state index contributed by atoms with van der Waals surface area (Å²) in [5.74, 6) is 0.996. The molecule has 0 radical (unpaired) electrons. The maximum atomic E-state index is 4.48. The minimum atomic E-state index is 0.996. The van der Waals surface area contributed by atoms with Crippen molar-refractivity contribution in [3.63, 3.8) is 0 Å². The van der Waals surface area contributed by atoms with E-state index in [0.29, 0.717) is 0 Å². The van der Waals surface area contributed by atoms with Crippen molar-refractivity contribution in [3.8, 4) is 0 Å². The second kappa shape index (κ2) is 9.14. The number of aromatic nitrogens is 2. The van der Waals surface area contributed by atoms with Gasteiger partial charge in [0.05, 0.1) is 6.20 Å². The fraction of sp³-hybridized carbons (Fsp3) is 0.478. The van der Waals surface area contributed by atoms with Crippen LogP contribution >= 0.6 is 0 Å². The first kappa shape index (κ1) is 18.2. The Balaban J connectivity index is 1.37. The van der Waals surface area contributed by atoms with E-state index in [-0.39, 0.29) is 0 Å². The highest BCUT2D eigenvalue weighted by atomic mass is 15.2. The summed E-state index contributed by atoms with van der Waals surface area (Å²) in [6.45, 7) is 5.83. The molecule has 142 valence electrons. The van der Waals surface area contributed by atoms with Gasteiger partial charge in [-0.2, -0.15) is 0 Å². The average Bonchev–Trinajstić information content (AvgIpc) is 3.22. The van der Waals surface area contributed by atoms with Crippen molar-refractivity contribution in [1.82, 2.24) is 14.9 Å². The molecule has 1 aromatic heterocycles. The van der Waals surface area contributed by atoms with Crippen molar-refractivity contribution in [2.24, 2.45) is 0 Å². The van der Waals surface area contributed by atoms with Gasteiger partial charge in [-0.1, -0.05) is 30.3 Å². The molecule has 4 rings (SSSR count). The number of hydrogen-bond acceptors (Lipinski definition) is 4. The molecule has 0 unspecified atom stereocenters. The van der Waals surface area contributed by atoms with Gasteiger partial charge >= 0.3 is 0 Å². The standard InChI is InChI=1S/C23H30N4/c1-2-16-27(23-19-24-12-13-25-23)18-11-21(5-1)22-8-6-20(7-9-22)10-17-26-14-3-4-15-26/h5-9,12-13,19H,1-4,10-11,14-18H2/b21-5+. The number of benzene rings is 1. The second-order valence-corrected chi connectivity index (χ2v) is 7.67. The highest BCUT2D eigenvalue weighted by Gasteiger charge is 2.13. The number of anilines is 1. The van der Waals surface area contributed by atoms with Crippen LogP contribution in [0.2, 0.25) is 0 Å². The largest absolute Gasteiger partial charge is 0.355 e. The third-order valence-corrected chi connectivity index (χ3v) is 5.79. The van der Waals surface area contributed by atoms with Crippen LogP contribution in [-0.4, -0.2) is 47.6 Å². The predicted octanol–water partition coefficient (Wildman–Crippen LogP) is 4.19. The van der Waals surface area contributed by atoms with E-state index in [9.17, 15) is 0 Å². The van der Waals surface area contributed by atoms with E-state index in [1.165, 1.54) is 55.6 Å². The van der Waals surface area contributed by atoms with Crippen LogP contribution in [0.4, 0.5) is 5.82 Å². The molecule has 0 atom stereocenters. The topological polar surface area (TPSA) is 32.3 Å². The van der Waals surface area contributed by atoms with Crippen molar-refractivity contribution in [1.29, 1.82) is 0 Å². The first-order valence-corrected chi connectivity index (χ1v) is 10.4. The summed E-state index contributed by atoms with van der Waals surface area (Å²) >= 11 is 0. The SMILES string of the molecule is C1=C(/c2ccc(CCN3CCCC3)cc2)CCN(c2cnccn2)CCC/1. The van der Waals surface area contributed by atoms with Crippen LogP contribution in [0, 0.1) is 0 Å². The van der Waals surface area contributed by atoms with Gasteiger partial charge in [0.25, 0.3) is 0 Å². The van der Waals surface area contributed by atoms with E-state index in [1.807, 2.05) is 6.20 Å². The second-order valence-electron chi connectivity index (χ2n) is 7.67. The maximum absolute atomic E-state index is 4.48. The molecule has 1 saturated heterocycles. The summed E-state index contributed by atoms with van der Waals surface area (Å²) in [6.07, 6.45) is 15.1. The molecule has 0 N–H and O–H groups in total. The normalized spacial score (nSPS) is 20.7. The van der Waals surface area contributed by atoms with E-state index < -0.39 is 0 Å². The Kier molecular flexibility index (Phi) is 6.15. The van der Waals surface area contributed by atoms with Gasteiger partial charge in [0.2, 0.25) is 0 Å². The molecule has 2 aromatic rings. The molecule has 1 aromatic carbocycles. The van der Waals surface area contributed by atoms with Crippen LogP contribution in [0.3, 0.4) is 0 Å². The lowest BCUT2D eigenvalue weighted by atomic mass is 9.97. The Hall–Kier alpha value is -2.20. The predicted molar refractivity (Wildman–Crippen MR) is 112 cm³/mol. The molecule has 0 saturated carbocycles. The highest BCUT2D eigenvalue weighted by Crippen LogP contribution is 2.24. The zero-order valence-electron chi connectivity index (χ0n) is 16.2. The van der Waals surface area contributed by atoms with E-state index in [4.69, 9.17) is 0 Å². The summed E-state index contributed by atoms with van der Waals surface area (Å²) in [5, 5.41) is 0. The first-order chi connectivity index (χ1) is 13.4. The Morgan fingerprint density at radius 1 is 0.889 bits per heavy atom. The van der Waals surface area contributed by atoms with Crippen molar-refractivity contribution >= 4 is 11.4 Å². The highest BCUT2D eigenvalue weighted by molar-refractivity contribution is 5.66. The Bertz CT molecular complexity index is 733. The Labute approximate surface area is 162 Å². The molecule has 27 heavy (non-hydrogen) atoms. The van der Waals surface area contributed by atoms with Gasteiger partial charge in [0.15, 0.2) is 0 Å². The zero-order valence-corrected chi connectivity index (χ0v) is 16.2. The van der Waals surface area contributed by atoms with Gasteiger partial charge in [-0.05, 0) is 68.3 Å². The zero-order chi connectivity index (χ0) is 18.3. The van der Waals surface area contributed by atoms with E-state index in [2.05, 4.69) is 50.1 Å². The number of likely N-dealkylation sites (tertiary alicyclic amines) is 1. The number of hydrogen-bond donors (Lipinski definition) is 0. The lowest BCUT2D eigenvalue weighted by Gasteiger charge is -2.26. The maximum Gasteiger partial charge on any atom is 0.147 e. The lowest BCUT2D eigenvalue weighted by Crippen LogP contribution is -2.27. The lowest BCUT2D eigenvalue weighted by molar-refractivity contribution is 0.343. The number of allylic oxidation sites excluding steroid dienone is 1. The molecular formula is C23H30N4. The summed E-state index contributed by atoms with van der Waals surface area (Å²) in [5.41, 5.74) is 4.30. The molecule has 2 aliphatic heterocycles. The van der Waals surface area contributed by atoms with Gasteiger partial charge in [-0.3, -0.25) is 4.98 Å². The monoisotopic (exact) mass is 362 g/mol. The molecule has 0 aliphatic carbocycles. The van der Waals surface area contributed by atoms with Gasteiger partial charge in [0.1, 0.15) is 5.82 Å². The van der Waals surface area contributed by atoms with Crippen LogP contribution in [0.25, 0.3) is 5.57 Å². The van der Waals surface area contributed by atoms with Crippen molar-refractivity contribution in [2.75, 3.05) is 37.6 Å². The summed E-state index contributed by atoms with van der Waals surface area (Å²) in [7, 11) is 0. The fourth-order valence-corrected chi connectivity index (χ4v) is 4.15. The van der Waals surface area contributed by atoms with Crippen LogP contribution in [-0.2, 0) is 6.42 Å². The first-order valence-electron chi connectivity index (χ1n) is 10.4. The molecule has 4 nitrogen and oxygen atoms in total. The van der Waals surface area contributed by atoms with Crippen LogP contribution in [0.15, 0.2) is 48.9 Å². The smallest absolute Gasteiger partial charge is 0.147 e. The molecule has 1 fully saturated rings. The minimum absolute atomic E-state index is 0.996. The van der Waals surface area contributed by atoms with Crippen molar-refractivity contribution in [3.05, 3.63) is 60.1 Å². The number of rotatable bonds is 5. The van der Waals surface area contributed by atoms with Crippen molar-refractivity contribution in [2.45, 2.75) is 38.5 Å². The summed E-state index contributed by atoms with van der Waals surface area (Å²) in [6, 6.07) is 9.29. The van der Waals surface area contributed by atoms with E-state index in [0.717, 1.165) is 38.2 Å². The number of nitrogens with zero attached hydrogens (tertiary/aromatic N) is 4. The van der Waals surface area contributed by atoms with Crippen LogP contribution in [0.1, 0.15) is 43.2 Å². The molecule has 2 aliphatic rings. The third kappa shape index (κ3) is 4.95. The molecule has 0 bridgehead atoms. The van der Waals surface area contributed by atoms with Gasteiger partial charge in [-0.25, -0.2) is 4.98 Å². The van der Waals surface area contributed by atoms with Gasteiger partial charge in [0, 0.05) is 32.0 Å². The minimum Gasteiger partial charge on any atom is -0.355 e. The average molecular weight is 363 g/mol. The van der Waals surface area contributed by atoms with E-state index in [1.54, 1.807) is 12.4 Å². The Morgan fingerprint density at radius 2 is 1.74 bits per heavy atom. The molecule has 3 heterocycles. The van der Waals surface area contributed by atoms with Crippen molar-refractivity contribution < 1.29 is 0 Å².